The zero-order chi connectivity index (χ0) is 18.9. The Bertz CT molecular complexity index is 598. The summed E-state index contributed by atoms with van der Waals surface area (Å²) in [5, 5.41) is 7.08. The number of unbranched alkanes of at least 4 members (excludes halogenated alkanes) is 1. The molecule has 5 nitrogen and oxygen atoms in total. The Kier molecular flexibility index (Phi) is 10.4. The minimum absolute atomic E-state index is 0. The number of nitrogens with one attached hydrogen (secondary N) is 2. The summed E-state index contributed by atoms with van der Waals surface area (Å²) in [6.45, 7) is 6.62. The molecule has 3 rings (SSSR count). The molecule has 2 aliphatic rings. The van der Waals surface area contributed by atoms with E-state index in [1.165, 1.54) is 70.1 Å². The van der Waals surface area contributed by atoms with Gasteiger partial charge in [0.15, 0.2) is 5.96 Å². The van der Waals surface area contributed by atoms with E-state index in [2.05, 4.69) is 51.7 Å². The van der Waals surface area contributed by atoms with Crippen molar-refractivity contribution in [3.05, 3.63) is 29.8 Å². The topological polar surface area (TPSA) is 48.9 Å². The van der Waals surface area contributed by atoms with Crippen molar-refractivity contribution < 1.29 is 4.74 Å². The Balaban J connectivity index is 0.00000280. The quantitative estimate of drug-likeness (QED) is 0.320. The van der Waals surface area contributed by atoms with Gasteiger partial charge in [-0.05, 0) is 51.1 Å². The maximum atomic E-state index is 6.14. The summed E-state index contributed by atoms with van der Waals surface area (Å²) in [5.74, 6) is 1.90. The molecular weight excluding hydrogens is 463 g/mol. The van der Waals surface area contributed by atoms with Crippen LogP contribution in [-0.2, 0) is 6.54 Å². The van der Waals surface area contributed by atoms with Gasteiger partial charge in [0.25, 0.3) is 0 Å². The van der Waals surface area contributed by atoms with Crippen LogP contribution in [0.1, 0.15) is 57.4 Å². The number of rotatable bonds is 8. The Morgan fingerprint density at radius 1 is 1.18 bits per heavy atom. The van der Waals surface area contributed by atoms with Crippen molar-refractivity contribution in [2.75, 3.05) is 26.7 Å². The van der Waals surface area contributed by atoms with Gasteiger partial charge in [-0.2, -0.15) is 0 Å². The molecule has 1 aromatic carbocycles. The number of para-hydroxylation sites is 1. The van der Waals surface area contributed by atoms with Crippen molar-refractivity contribution in [3.63, 3.8) is 0 Å². The van der Waals surface area contributed by atoms with Gasteiger partial charge in [0.2, 0.25) is 0 Å². The zero-order valence-electron chi connectivity index (χ0n) is 17.5. The number of halogens is 1. The highest BCUT2D eigenvalue weighted by Gasteiger charge is 2.21. The van der Waals surface area contributed by atoms with Crippen LogP contribution in [0.2, 0.25) is 0 Å². The van der Waals surface area contributed by atoms with Crippen LogP contribution in [-0.4, -0.2) is 49.7 Å². The van der Waals surface area contributed by atoms with Crippen molar-refractivity contribution in [3.8, 4) is 5.75 Å². The summed E-state index contributed by atoms with van der Waals surface area (Å²) < 4.78 is 6.14. The molecule has 0 spiro atoms. The van der Waals surface area contributed by atoms with Gasteiger partial charge in [-0.1, -0.05) is 31.5 Å². The van der Waals surface area contributed by atoms with E-state index < -0.39 is 0 Å². The number of hydrogen-bond acceptors (Lipinski definition) is 3. The van der Waals surface area contributed by atoms with Crippen LogP contribution in [0.15, 0.2) is 29.3 Å². The first kappa shape index (κ1) is 23.3. The number of piperidine rings is 1. The Morgan fingerprint density at radius 2 is 1.93 bits per heavy atom. The predicted octanol–water partition coefficient (Wildman–Crippen LogP) is 4.17. The van der Waals surface area contributed by atoms with Crippen LogP contribution in [0.25, 0.3) is 0 Å². The van der Waals surface area contributed by atoms with Crippen molar-refractivity contribution in [2.24, 2.45) is 4.99 Å². The second-order valence-corrected chi connectivity index (χ2v) is 7.82. The zero-order valence-corrected chi connectivity index (χ0v) is 19.8. The van der Waals surface area contributed by atoms with Gasteiger partial charge in [-0.25, -0.2) is 0 Å². The molecule has 6 heteroatoms. The Labute approximate surface area is 187 Å². The third-order valence-electron chi connectivity index (χ3n) is 5.74. The number of ether oxygens (including phenoxy) is 1. The molecule has 1 saturated carbocycles. The molecule has 1 aliphatic carbocycles. The maximum absolute atomic E-state index is 6.14. The lowest BCUT2D eigenvalue weighted by atomic mass is 9.96. The number of aliphatic imine (C=N–C) groups is 1. The van der Waals surface area contributed by atoms with E-state index in [-0.39, 0.29) is 24.0 Å². The van der Waals surface area contributed by atoms with Crippen LogP contribution < -0.4 is 15.4 Å². The lowest BCUT2D eigenvalue weighted by molar-refractivity contribution is 0.119. The first-order valence-electron chi connectivity index (χ1n) is 10.7. The average Bonchev–Trinajstić information content (AvgIpc) is 2.68. The van der Waals surface area contributed by atoms with Gasteiger partial charge in [-0.3, -0.25) is 4.99 Å². The highest BCUT2D eigenvalue weighted by Crippen LogP contribution is 2.27. The molecule has 158 valence electrons. The monoisotopic (exact) mass is 500 g/mol. The van der Waals surface area contributed by atoms with Crippen molar-refractivity contribution in [1.82, 2.24) is 15.5 Å². The summed E-state index contributed by atoms with van der Waals surface area (Å²) >= 11 is 0. The molecule has 28 heavy (non-hydrogen) atoms. The Morgan fingerprint density at radius 3 is 2.57 bits per heavy atom. The van der Waals surface area contributed by atoms with E-state index in [4.69, 9.17) is 4.74 Å². The summed E-state index contributed by atoms with van der Waals surface area (Å²) in [7, 11) is 1.85. The standard InChI is InChI=1S/C22H36N4O.HI/c1-3-4-14-26-15-12-19(13-16-26)25-22(23-2)24-17-18-8-5-6-11-21(18)27-20-9-7-10-20;/h5-6,8,11,19-20H,3-4,7,9-10,12-17H2,1-2H3,(H2,23,24,25);1H. The largest absolute Gasteiger partial charge is 0.490 e. The Hall–Kier alpha value is -1.02. The highest BCUT2D eigenvalue weighted by molar-refractivity contribution is 14.0. The molecule has 1 aromatic rings. The van der Waals surface area contributed by atoms with Gasteiger partial charge in [0.05, 0.1) is 6.10 Å². The minimum atomic E-state index is 0. The van der Waals surface area contributed by atoms with Crippen molar-refractivity contribution in [2.45, 2.75) is 70.6 Å². The summed E-state index contributed by atoms with van der Waals surface area (Å²) in [4.78, 5) is 7.01. The van der Waals surface area contributed by atoms with Crippen LogP contribution in [0.5, 0.6) is 5.75 Å². The fourth-order valence-electron chi connectivity index (χ4n) is 3.68. The molecule has 2 fully saturated rings. The summed E-state index contributed by atoms with van der Waals surface area (Å²) in [6, 6.07) is 8.86. The molecule has 2 N–H and O–H groups in total. The number of likely N-dealkylation sites (tertiary alicyclic amines) is 1. The third kappa shape index (κ3) is 7.10. The molecule has 0 bridgehead atoms. The van der Waals surface area contributed by atoms with Crippen LogP contribution in [0.4, 0.5) is 0 Å². The van der Waals surface area contributed by atoms with Gasteiger partial charge in [0.1, 0.15) is 5.75 Å². The molecule has 0 amide bonds. The third-order valence-corrected chi connectivity index (χ3v) is 5.74. The average molecular weight is 500 g/mol. The smallest absolute Gasteiger partial charge is 0.191 e. The van der Waals surface area contributed by atoms with Crippen molar-refractivity contribution in [1.29, 1.82) is 0 Å². The van der Waals surface area contributed by atoms with E-state index in [9.17, 15) is 0 Å². The van der Waals surface area contributed by atoms with E-state index in [0.29, 0.717) is 12.1 Å². The number of guanidine groups is 1. The SMILES string of the molecule is CCCCN1CCC(NC(=NC)NCc2ccccc2OC2CCC2)CC1.I. The van der Waals surface area contributed by atoms with Crippen LogP contribution >= 0.6 is 24.0 Å². The molecule has 0 unspecified atom stereocenters. The normalized spacial score (nSPS) is 18.9. The maximum Gasteiger partial charge on any atom is 0.191 e. The fraction of sp³-hybridized carbons (Fsp3) is 0.682. The van der Waals surface area contributed by atoms with E-state index >= 15 is 0 Å². The number of hydrogen-bond donors (Lipinski definition) is 2. The fourth-order valence-corrected chi connectivity index (χ4v) is 3.68. The lowest BCUT2D eigenvalue weighted by Gasteiger charge is -2.33. The minimum Gasteiger partial charge on any atom is -0.490 e. The molecular formula is C22H37IN4O. The molecule has 0 radical (unpaired) electrons. The molecule has 1 saturated heterocycles. The second kappa shape index (κ2) is 12.5. The lowest BCUT2D eigenvalue weighted by Crippen LogP contribution is -2.48. The van der Waals surface area contributed by atoms with Crippen LogP contribution in [0.3, 0.4) is 0 Å². The van der Waals surface area contributed by atoms with Gasteiger partial charge in [-0.15, -0.1) is 24.0 Å². The summed E-state index contributed by atoms with van der Waals surface area (Å²) in [5.41, 5.74) is 1.20. The van der Waals surface area contributed by atoms with Gasteiger partial charge in [0, 0.05) is 38.3 Å². The van der Waals surface area contributed by atoms with E-state index in [1.54, 1.807) is 0 Å². The first-order chi connectivity index (χ1) is 13.3. The van der Waals surface area contributed by atoms with E-state index in [0.717, 1.165) is 18.3 Å². The summed E-state index contributed by atoms with van der Waals surface area (Å²) in [6.07, 6.45) is 9.02. The number of nitrogens with zero attached hydrogens (tertiary/aromatic N) is 2. The molecule has 1 heterocycles. The van der Waals surface area contributed by atoms with Crippen LogP contribution in [0, 0.1) is 0 Å². The highest BCUT2D eigenvalue weighted by atomic mass is 127. The molecule has 0 aromatic heterocycles. The van der Waals surface area contributed by atoms with Gasteiger partial charge >= 0.3 is 0 Å². The number of benzene rings is 1. The van der Waals surface area contributed by atoms with E-state index in [1.807, 2.05) is 7.05 Å². The van der Waals surface area contributed by atoms with Crippen molar-refractivity contribution >= 4 is 29.9 Å². The first-order valence-corrected chi connectivity index (χ1v) is 10.7. The molecule has 1 aliphatic heterocycles. The second-order valence-electron chi connectivity index (χ2n) is 7.82. The van der Waals surface area contributed by atoms with Gasteiger partial charge < -0.3 is 20.3 Å². The molecule has 0 atom stereocenters. The predicted molar refractivity (Wildman–Crippen MR) is 128 cm³/mol.